The molecule has 1 heterocycles. The van der Waals surface area contributed by atoms with Crippen LogP contribution in [0.5, 0.6) is 5.75 Å². The minimum atomic E-state index is -0.898. The summed E-state index contributed by atoms with van der Waals surface area (Å²) in [7, 11) is 0. The van der Waals surface area contributed by atoms with Gasteiger partial charge in [-0.25, -0.2) is 0 Å². The molecule has 0 spiro atoms. The SMILES string of the molecule is CCC1CC(=O)c2cc(C(C)C(=O)O)ccc2O1. The van der Waals surface area contributed by atoms with Crippen LogP contribution in [0.25, 0.3) is 0 Å². The molecule has 1 aliphatic rings. The molecular weight excluding hydrogens is 232 g/mol. The van der Waals surface area contributed by atoms with E-state index in [2.05, 4.69) is 0 Å². The third-order valence-corrected chi connectivity index (χ3v) is 3.34. The molecule has 1 aromatic carbocycles. The van der Waals surface area contributed by atoms with E-state index in [1.165, 1.54) is 0 Å². The number of carbonyl (C=O) groups excluding carboxylic acids is 1. The third kappa shape index (κ3) is 2.23. The number of hydrogen-bond donors (Lipinski definition) is 1. The van der Waals surface area contributed by atoms with E-state index in [-0.39, 0.29) is 11.9 Å². The molecule has 0 fully saturated rings. The first-order valence-electron chi connectivity index (χ1n) is 6.09. The van der Waals surface area contributed by atoms with Crippen molar-refractivity contribution in [3.05, 3.63) is 29.3 Å². The average Bonchev–Trinajstić information content (AvgIpc) is 2.37. The van der Waals surface area contributed by atoms with Crippen molar-refractivity contribution in [2.24, 2.45) is 0 Å². The van der Waals surface area contributed by atoms with Gasteiger partial charge < -0.3 is 9.84 Å². The van der Waals surface area contributed by atoms with Crippen LogP contribution < -0.4 is 4.74 Å². The van der Waals surface area contributed by atoms with Crippen molar-refractivity contribution in [1.82, 2.24) is 0 Å². The van der Waals surface area contributed by atoms with Gasteiger partial charge in [0.1, 0.15) is 11.9 Å². The molecule has 0 saturated heterocycles. The predicted molar refractivity (Wildman–Crippen MR) is 66.1 cm³/mol. The highest BCUT2D eigenvalue weighted by Gasteiger charge is 2.26. The maximum Gasteiger partial charge on any atom is 0.310 e. The first-order chi connectivity index (χ1) is 8.52. The zero-order valence-electron chi connectivity index (χ0n) is 10.5. The molecule has 4 nitrogen and oxygen atoms in total. The number of benzene rings is 1. The molecule has 1 aromatic rings. The second-order valence-corrected chi connectivity index (χ2v) is 4.59. The summed E-state index contributed by atoms with van der Waals surface area (Å²) in [6, 6.07) is 5.05. The monoisotopic (exact) mass is 248 g/mol. The van der Waals surface area contributed by atoms with Crippen molar-refractivity contribution in [2.75, 3.05) is 0 Å². The number of carboxylic acid groups (broad SMARTS) is 1. The van der Waals surface area contributed by atoms with E-state index in [1.807, 2.05) is 6.92 Å². The second kappa shape index (κ2) is 4.80. The predicted octanol–water partition coefficient (Wildman–Crippen LogP) is 2.62. The standard InChI is InChI=1S/C14H16O4/c1-3-10-7-12(15)11-6-9(8(2)14(16)17)4-5-13(11)18-10/h4-6,8,10H,3,7H2,1-2H3,(H,16,17). The lowest BCUT2D eigenvalue weighted by Crippen LogP contribution is -2.26. The highest BCUT2D eigenvalue weighted by Crippen LogP contribution is 2.31. The first-order valence-corrected chi connectivity index (χ1v) is 6.09. The zero-order valence-corrected chi connectivity index (χ0v) is 10.5. The molecule has 1 N–H and O–H groups in total. The fourth-order valence-corrected chi connectivity index (χ4v) is 2.05. The van der Waals surface area contributed by atoms with Gasteiger partial charge in [0.25, 0.3) is 0 Å². The summed E-state index contributed by atoms with van der Waals surface area (Å²) in [4.78, 5) is 22.9. The smallest absolute Gasteiger partial charge is 0.310 e. The van der Waals surface area contributed by atoms with Crippen molar-refractivity contribution in [3.63, 3.8) is 0 Å². The van der Waals surface area contributed by atoms with Crippen LogP contribution in [-0.4, -0.2) is 23.0 Å². The van der Waals surface area contributed by atoms with E-state index in [1.54, 1.807) is 25.1 Å². The number of carboxylic acids is 1. The van der Waals surface area contributed by atoms with E-state index in [0.29, 0.717) is 23.3 Å². The fraction of sp³-hybridized carbons (Fsp3) is 0.429. The van der Waals surface area contributed by atoms with Crippen LogP contribution in [0.1, 0.15) is 48.5 Å². The Balaban J connectivity index is 2.36. The molecule has 96 valence electrons. The lowest BCUT2D eigenvalue weighted by atomic mass is 9.93. The highest BCUT2D eigenvalue weighted by atomic mass is 16.5. The lowest BCUT2D eigenvalue weighted by Gasteiger charge is -2.25. The molecule has 0 aromatic heterocycles. The van der Waals surface area contributed by atoms with Crippen molar-refractivity contribution in [3.8, 4) is 5.75 Å². The van der Waals surface area contributed by atoms with Gasteiger partial charge in [-0.2, -0.15) is 0 Å². The molecule has 2 atom stereocenters. The first kappa shape index (κ1) is 12.6. The van der Waals surface area contributed by atoms with Crippen LogP contribution in [0.15, 0.2) is 18.2 Å². The molecule has 0 radical (unpaired) electrons. The highest BCUT2D eigenvalue weighted by molar-refractivity contribution is 6.00. The van der Waals surface area contributed by atoms with Gasteiger partial charge in [-0.1, -0.05) is 13.0 Å². The van der Waals surface area contributed by atoms with Gasteiger partial charge in [0, 0.05) is 6.42 Å². The number of fused-ring (bicyclic) bond motifs is 1. The van der Waals surface area contributed by atoms with Crippen molar-refractivity contribution in [2.45, 2.75) is 38.7 Å². The molecule has 0 saturated carbocycles. The minimum absolute atomic E-state index is 0.0301. The summed E-state index contributed by atoms with van der Waals surface area (Å²) < 4.78 is 5.68. The van der Waals surface area contributed by atoms with Gasteiger partial charge in [0.2, 0.25) is 0 Å². The Morgan fingerprint density at radius 3 is 2.89 bits per heavy atom. The number of aliphatic carboxylic acids is 1. The average molecular weight is 248 g/mol. The zero-order chi connectivity index (χ0) is 13.3. The van der Waals surface area contributed by atoms with E-state index in [9.17, 15) is 9.59 Å². The van der Waals surface area contributed by atoms with Crippen molar-refractivity contribution < 1.29 is 19.4 Å². The Kier molecular flexibility index (Phi) is 3.36. The molecule has 0 aliphatic carbocycles. The maximum absolute atomic E-state index is 12.0. The molecule has 2 rings (SSSR count). The number of carbonyl (C=O) groups is 2. The summed E-state index contributed by atoms with van der Waals surface area (Å²) in [6.45, 7) is 3.58. The summed E-state index contributed by atoms with van der Waals surface area (Å²) in [6.07, 6.45) is 1.10. The van der Waals surface area contributed by atoms with Crippen LogP contribution in [0.2, 0.25) is 0 Å². The molecule has 0 amide bonds. The Hall–Kier alpha value is -1.84. The maximum atomic E-state index is 12.0. The van der Waals surface area contributed by atoms with E-state index < -0.39 is 11.9 Å². The van der Waals surface area contributed by atoms with Gasteiger partial charge in [-0.3, -0.25) is 9.59 Å². The fourth-order valence-electron chi connectivity index (χ4n) is 2.05. The summed E-state index contributed by atoms with van der Waals surface area (Å²) in [5.41, 5.74) is 1.14. The van der Waals surface area contributed by atoms with Gasteiger partial charge in [-0.15, -0.1) is 0 Å². The van der Waals surface area contributed by atoms with Crippen molar-refractivity contribution >= 4 is 11.8 Å². The van der Waals surface area contributed by atoms with Crippen molar-refractivity contribution in [1.29, 1.82) is 0 Å². The van der Waals surface area contributed by atoms with E-state index >= 15 is 0 Å². The lowest BCUT2D eigenvalue weighted by molar-refractivity contribution is -0.138. The largest absolute Gasteiger partial charge is 0.489 e. The Morgan fingerprint density at radius 1 is 1.56 bits per heavy atom. The van der Waals surface area contributed by atoms with Gasteiger partial charge >= 0.3 is 5.97 Å². The van der Waals surface area contributed by atoms with Crippen LogP contribution in [0, 0.1) is 0 Å². The molecule has 4 heteroatoms. The van der Waals surface area contributed by atoms with Crippen LogP contribution in [0.3, 0.4) is 0 Å². The summed E-state index contributed by atoms with van der Waals surface area (Å²) in [5, 5.41) is 8.97. The van der Waals surface area contributed by atoms with E-state index in [4.69, 9.17) is 9.84 Å². The minimum Gasteiger partial charge on any atom is -0.489 e. The van der Waals surface area contributed by atoms with E-state index in [0.717, 1.165) is 6.42 Å². The normalized spacial score (nSPS) is 19.9. The van der Waals surface area contributed by atoms with Crippen LogP contribution in [-0.2, 0) is 4.79 Å². The number of Topliss-reactive ketones (excluding diaryl/α,β-unsaturated/α-hetero) is 1. The Morgan fingerprint density at radius 2 is 2.28 bits per heavy atom. The van der Waals surface area contributed by atoms with Gasteiger partial charge in [0.15, 0.2) is 5.78 Å². The number of rotatable bonds is 3. The number of hydrogen-bond acceptors (Lipinski definition) is 3. The molecular formula is C14H16O4. The molecule has 0 bridgehead atoms. The molecule has 2 unspecified atom stereocenters. The Bertz CT molecular complexity index is 493. The third-order valence-electron chi connectivity index (χ3n) is 3.34. The topological polar surface area (TPSA) is 63.6 Å². The Labute approximate surface area is 106 Å². The molecule has 18 heavy (non-hydrogen) atoms. The van der Waals surface area contributed by atoms with Crippen LogP contribution in [0.4, 0.5) is 0 Å². The molecule has 1 aliphatic heterocycles. The van der Waals surface area contributed by atoms with Crippen LogP contribution >= 0.6 is 0 Å². The van der Waals surface area contributed by atoms with Gasteiger partial charge in [-0.05, 0) is 31.0 Å². The number of ether oxygens (including phenoxy) is 1. The number of ketones is 1. The quantitative estimate of drug-likeness (QED) is 0.893. The second-order valence-electron chi connectivity index (χ2n) is 4.59. The summed E-state index contributed by atoms with van der Waals surface area (Å²) in [5.74, 6) is -0.917. The summed E-state index contributed by atoms with van der Waals surface area (Å²) >= 11 is 0. The van der Waals surface area contributed by atoms with Gasteiger partial charge in [0.05, 0.1) is 11.5 Å².